The Bertz CT molecular complexity index is 256. The molecule has 0 aliphatic rings. The fraction of sp³-hybridized carbons (Fsp3) is 1.00. The predicted molar refractivity (Wildman–Crippen MR) is 117 cm³/mol. The van der Waals surface area contributed by atoms with E-state index in [0.29, 0.717) is 19.8 Å². The lowest BCUT2D eigenvalue weighted by Gasteiger charge is -2.21. The zero-order valence-corrected chi connectivity index (χ0v) is 18.3. The van der Waals surface area contributed by atoms with Crippen LogP contribution in [0.15, 0.2) is 0 Å². The SMILES string of the molecule is CC(CCCCCCCCO)CC(CCCCCCO)CCCCCCO. The molecule has 164 valence electrons. The summed E-state index contributed by atoms with van der Waals surface area (Å²) < 4.78 is 0. The normalized spacial score (nSPS) is 12.8. The first-order valence-electron chi connectivity index (χ1n) is 12.1. The minimum absolute atomic E-state index is 0.339. The molecule has 0 aliphatic carbocycles. The van der Waals surface area contributed by atoms with Gasteiger partial charge in [0, 0.05) is 19.8 Å². The number of rotatable bonds is 22. The van der Waals surface area contributed by atoms with Gasteiger partial charge in [0.15, 0.2) is 0 Å². The van der Waals surface area contributed by atoms with Gasteiger partial charge in [0.2, 0.25) is 0 Å². The molecule has 3 heteroatoms. The van der Waals surface area contributed by atoms with E-state index in [1.54, 1.807) is 0 Å². The molecule has 0 saturated carbocycles. The summed E-state index contributed by atoms with van der Waals surface area (Å²) in [7, 11) is 0. The van der Waals surface area contributed by atoms with Gasteiger partial charge in [-0.05, 0) is 37.5 Å². The lowest BCUT2D eigenvalue weighted by atomic mass is 9.85. The summed E-state index contributed by atoms with van der Waals surface area (Å²) in [5.41, 5.74) is 0. The van der Waals surface area contributed by atoms with E-state index in [1.165, 1.54) is 96.3 Å². The molecular formula is C24H50O3. The van der Waals surface area contributed by atoms with Gasteiger partial charge in [-0.25, -0.2) is 0 Å². The van der Waals surface area contributed by atoms with E-state index in [-0.39, 0.29) is 0 Å². The van der Waals surface area contributed by atoms with E-state index in [9.17, 15) is 0 Å². The Kier molecular flexibility index (Phi) is 22.1. The molecule has 3 nitrogen and oxygen atoms in total. The lowest BCUT2D eigenvalue weighted by molar-refractivity contribution is 0.275. The Labute approximate surface area is 170 Å². The highest BCUT2D eigenvalue weighted by Crippen LogP contribution is 2.27. The largest absolute Gasteiger partial charge is 0.396 e. The zero-order chi connectivity index (χ0) is 20.0. The summed E-state index contributed by atoms with van der Waals surface area (Å²) in [6, 6.07) is 0. The van der Waals surface area contributed by atoms with Crippen molar-refractivity contribution in [1.82, 2.24) is 0 Å². The van der Waals surface area contributed by atoms with Crippen LogP contribution >= 0.6 is 0 Å². The Hall–Kier alpha value is -0.120. The minimum atomic E-state index is 0.339. The molecule has 0 spiro atoms. The van der Waals surface area contributed by atoms with Crippen molar-refractivity contribution in [1.29, 1.82) is 0 Å². The highest BCUT2D eigenvalue weighted by molar-refractivity contribution is 4.66. The van der Waals surface area contributed by atoms with Crippen molar-refractivity contribution in [2.24, 2.45) is 11.8 Å². The van der Waals surface area contributed by atoms with Crippen LogP contribution in [0.25, 0.3) is 0 Å². The monoisotopic (exact) mass is 386 g/mol. The van der Waals surface area contributed by atoms with Gasteiger partial charge in [0.05, 0.1) is 0 Å². The Morgan fingerprint density at radius 2 is 0.778 bits per heavy atom. The van der Waals surface area contributed by atoms with Gasteiger partial charge in [0.1, 0.15) is 0 Å². The summed E-state index contributed by atoms with van der Waals surface area (Å²) in [5, 5.41) is 26.6. The van der Waals surface area contributed by atoms with Crippen LogP contribution in [-0.2, 0) is 0 Å². The third kappa shape index (κ3) is 20.4. The average molecular weight is 387 g/mol. The van der Waals surface area contributed by atoms with Crippen LogP contribution in [0.4, 0.5) is 0 Å². The second-order valence-electron chi connectivity index (χ2n) is 8.69. The molecule has 0 aromatic rings. The van der Waals surface area contributed by atoms with E-state index in [0.717, 1.165) is 31.1 Å². The van der Waals surface area contributed by atoms with E-state index in [1.807, 2.05) is 0 Å². The molecule has 0 heterocycles. The Morgan fingerprint density at radius 3 is 1.19 bits per heavy atom. The van der Waals surface area contributed by atoms with Crippen LogP contribution in [0.3, 0.4) is 0 Å². The summed E-state index contributed by atoms with van der Waals surface area (Å²) >= 11 is 0. The number of aliphatic hydroxyl groups is 3. The smallest absolute Gasteiger partial charge is 0.0431 e. The van der Waals surface area contributed by atoms with Crippen molar-refractivity contribution in [3.63, 3.8) is 0 Å². The first-order valence-corrected chi connectivity index (χ1v) is 12.1. The quantitative estimate of drug-likeness (QED) is 0.193. The van der Waals surface area contributed by atoms with Crippen LogP contribution in [0, 0.1) is 11.8 Å². The van der Waals surface area contributed by atoms with Crippen molar-refractivity contribution in [3.8, 4) is 0 Å². The highest BCUT2D eigenvalue weighted by Gasteiger charge is 2.13. The van der Waals surface area contributed by atoms with E-state index < -0.39 is 0 Å². The summed E-state index contributed by atoms with van der Waals surface area (Å²) in [4.78, 5) is 0. The second-order valence-corrected chi connectivity index (χ2v) is 8.69. The van der Waals surface area contributed by atoms with Crippen LogP contribution in [0.1, 0.15) is 122 Å². The van der Waals surface area contributed by atoms with Crippen molar-refractivity contribution in [2.45, 2.75) is 122 Å². The maximum atomic E-state index is 8.91. The van der Waals surface area contributed by atoms with Gasteiger partial charge in [-0.15, -0.1) is 0 Å². The predicted octanol–water partition coefficient (Wildman–Crippen LogP) is 6.24. The molecule has 0 amide bonds. The number of hydrogen-bond donors (Lipinski definition) is 3. The highest BCUT2D eigenvalue weighted by atomic mass is 16.3. The van der Waals surface area contributed by atoms with Crippen molar-refractivity contribution >= 4 is 0 Å². The van der Waals surface area contributed by atoms with Gasteiger partial charge in [-0.3, -0.25) is 0 Å². The molecule has 0 rings (SSSR count). The number of aliphatic hydroxyl groups excluding tert-OH is 3. The number of hydrogen-bond acceptors (Lipinski definition) is 3. The Morgan fingerprint density at radius 1 is 0.444 bits per heavy atom. The van der Waals surface area contributed by atoms with Gasteiger partial charge in [-0.2, -0.15) is 0 Å². The van der Waals surface area contributed by atoms with Gasteiger partial charge in [-0.1, -0.05) is 96.8 Å². The van der Waals surface area contributed by atoms with Gasteiger partial charge < -0.3 is 15.3 Å². The fourth-order valence-electron chi connectivity index (χ4n) is 4.18. The molecule has 0 saturated heterocycles. The summed E-state index contributed by atoms with van der Waals surface area (Å²) in [5.74, 6) is 1.70. The van der Waals surface area contributed by atoms with E-state index in [4.69, 9.17) is 15.3 Å². The molecule has 3 N–H and O–H groups in total. The van der Waals surface area contributed by atoms with Crippen LogP contribution in [0.2, 0.25) is 0 Å². The van der Waals surface area contributed by atoms with Crippen LogP contribution in [-0.4, -0.2) is 35.1 Å². The second kappa shape index (κ2) is 22.2. The first-order chi connectivity index (χ1) is 13.2. The molecule has 0 bridgehead atoms. The molecular weight excluding hydrogens is 336 g/mol. The standard InChI is InChI=1S/C24H50O3/c1-23(16-10-4-2-3-7-13-19-25)22-24(17-11-5-8-14-20-26)18-12-6-9-15-21-27/h23-27H,2-22H2,1H3. The minimum Gasteiger partial charge on any atom is -0.396 e. The van der Waals surface area contributed by atoms with Crippen LogP contribution < -0.4 is 0 Å². The van der Waals surface area contributed by atoms with Gasteiger partial charge >= 0.3 is 0 Å². The Balaban J connectivity index is 3.91. The fourth-order valence-corrected chi connectivity index (χ4v) is 4.18. The summed E-state index contributed by atoms with van der Waals surface area (Å²) in [6.45, 7) is 3.46. The third-order valence-corrected chi connectivity index (χ3v) is 5.88. The topological polar surface area (TPSA) is 60.7 Å². The van der Waals surface area contributed by atoms with Crippen molar-refractivity contribution < 1.29 is 15.3 Å². The van der Waals surface area contributed by atoms with Gasteiger partial charge in [0.25, 0.3) is 0 Å². The maximum Gasteiger partial charge on any atom is 0.0431 e. The average Bonchev–Trinajstić information content (AvgIpc) is 2.66. The molecule has 27 heavy (non-hydrogen) atoms. The molecule has 0 fully saturated rings. The lowest BCUT2D eigenvalue weighted by Crippen LogP contribution is -2.08. The number of unbranched alkanes of at least 4 members (excludes halogenated alkanes) is 11. The van der Waals surface area contributed by atoms with Crippen molar-refractivity contribution in [3.05, 3.63) is 0 Å². The first kappa shape index (κ1) is 26.9. The molecule has 0 radical (unpaired) electrons. The molecule has 1 atom stereocenters. The molecule has 1 unspecified atom stereocenters. The van der Waals surface area contributed by atoms with E-state index >= 15 is 0 Å². The van der Waals surface area contributed by atoms with Crippen molar-refractivity contribution in [2.75, 3.05) is 19.8 Å². The summed E-state index contributed by atoms with van der Waals surface area (Å²) in [6.07, 6.45) is 22.4. The molecule has 0 aliphatic heterocycles. The zero-order valence-electron chi connectivity index (χ0n) is 18.3. The van der Waals surface area contributed by atoms with E-state index in [2.05, 4.69) is 6.92 Å². The maximum absolute atomic E-state index is 8.91. The third-order valence-electron chi connectivity index (χ3n) is 5.88. The molecule has 0 aromatic carbocycles. The molecule has 0 aromatic heterocycles. The van der Waals surface area contributed by atoms with Crippen LogP contribution in [0.5, 0.6) is 0 Å².